The molecule has 7 heteroatoms. The molecule has 0 spiro atoms. The Kier molecular flexibility index (Phi) is 5.03. The highest BCUT2D eigenvalue weighted by molar-refractivity contribution is 6.05. The number of hydrogen-bond donors (Lipinski definition) is 3. The zero-order chi connectivity index (χ0) is 18.1. The van der Waals surface area contributed by atoms with Gasteiger partial charge in [-0.15, -0.1) is 0 Å². The minimum atomic E-state index is -1.64. The van der Waals surface area contributed by atoms with Gasteiger partial charge in [0.05, 0.1) is 11.5 Å². The molecule has 4 atom stereocenters. The highest BCUT2D eigenvalue weighted by Crippen LogP contribution is 2.45. The van der Waals surface area contributed by atoms with Gasteiger partial charge in [0, 0.05) is 26.4 Å². The molecule has 1 aromatic rings. The van der Waals surface area contributed by atoms with E-state index < -0.39 is 46.8 Å². The van der Waals surface area contributed by atoms with Crippen molar-refractivity contribution >= 4 is 17.6 Å². The van der Waals surface area contributed by atoms with Gasteiger partial charge in [-0.25, -0.2) is 4.39 Å². The summed E-state index contributed by atoms with van der Waals surface area (Å²) in [6.07, 6.45) is -0.324. The standard InChI is InChI=1S/C17H21FN2O4/c1-17(24)8-11(21)13(15(22)19-2)12(14(17)16(23)20-3)9-5-4-6-10(18)7-9/h4-7,12-14,24H,8H2,1-3H3,(H,19,22)(H,20,23)/t12-,13+,14-,17-/m0/s1. The normalized spacial score (nSPS) is 29.9. The molecule has 2 rings (SSSR count). The first-order valence-electron chi connectivity index (χ1n) is 7.66. The van der Waals surface area contributed by atoms with E-state index in [1.165, 1.54) is 39.2 Å². The molecule has 0 heterocycles. The molecule has 130 valence electrons. The smallest absolute Gasteiger partial charge is 0.230 e. The fourth-order valence-corrected chi connectivity index (χ4v) is 3.52. The summed E-state index contributed by atoms with van der Waals surface area (Å²) in [4.78, 5) is 37.2. The molecule has 0 saturated heterocycles. The topological polar surface area (TPSA) is 95.5 Å². The highest BCUT2D eigenvalue weighted by atomic mass is 19.1. The number of carbonyl (C=O) groups excluding carboxylic acids is 3. The van der Waals surface area contributed by atoms with Crippen molar-refractivity contribution < 1.29 is 23.9 Å². The lowest BCUT2D eigenvalue weighted by molar-refractivity contribution is -0.154. The minimum absolute atomic E-state index is 0.324. The van der Waals surface area contributed by atoms with Crippen molar-refractivity contribution in [3.63, 3.8) is 0 Å². The maximum Gasteiger partial charge on any atom is 0.230 e. The third kappa shape index (κ3) is 3.17. The number of hydrogen-bond acceptors (Lipinski definition) is 4. The summed E-state index contributed by atoms with van der Waals surface area (Å²) in [7, 11) is 2.80. The maximum atomic E-state index is 13.7. The Morgan fingerprint density at radius 2 is 1.88 bits per heavy atom. The van der Waals surface area contributed by atoms with Gasteiger partial charge in [0.1, 0.15) is 17.5 Å². The van der Waals surface area contributed by atoms with Gasteiger partial charge in [-0.1, -0.05) is 12.1 Å². The van der Waals surface area contributed by atoms with Crippen LogP contribution < -0.4 is 10.6 Å². The highest BCUT2D eigenvalue weighted by Gasteiger charge is 2.55. The molecule has 1 fully saturated rings. The van der Waals surface area contributed by atoms with Crippen molar-refractivity contribution in [3.05, 3.63) is 35.6 Å². The summed E-state index contributed by atoms with van der Waals surface area (Å²) < 4.78 is 13.7. The van der Waals surface area contributed by atoms with Crippen LogP contribution in [0.5, 0.6) is 0 Å². The van der Waals surface area contributed by atoms with E-state index in [0.717, 1.165) is 0 Å². The molecule has 2 amide bonds. The number of amides is 2. The number of ketones is 1. The van der Waals surface area contributed by atoms with Crippen LogP contribution in [0.25, 0.3) is 0 Å². The van der Waals surface area contributed by atoms with Gasteiger partial charge >= 0.3 is 0 Å². The second-order valence-corrected chi connectivity index (χ2v) is 6.26. The Hall–Kier alpha value is -2.28. The zero-order valence-electron chi connectivity index (χ0n) is 13.8. The Morgan fingerprint density at radius 1 is 1.25 bits per heavy atom. The monoisotopic (exact) mass is 336 g/mol. The van der Waals surface area contributed by atoms with Crippen LogP contribution in [-0.2, 0) is 14.4 Å². The predicted molar refractivity (Wildman–Crippen MR) is 84.5 cm³/mol. The van der Waals surface area contributed by atoms with Crippen LogP contribution in [-0.4, -0.2) is 42.4 Å². The van der Waals surface area contributed by atoms with Crippen LogP contribution in [0.15, 0.2) is 24.3 Å². The van der Waals surface area contributed by atoms with E-state index in [1.54, 1.807) is 6.07 Å². The molecule has 1 aliphatic carbocycles. The average molecular weight is 336 g/mol. The number of carbonyl (C=O) groups is 3. The lowest BCUT2D eigenvalue weighted by atomic mass is 9.61. The van der Waals surface area contributed by atoms with E-state index in [-0.39, 0.29) is 6.42 Å². The predicted octanol–water partition coefficient (Wildman–Crippen LogP) is 0.357. The fourth-order valence-electron chi connectivity index (χ4n) is 3.52. The zero-order valence-corrected chi connectivity index (χ0v) is 13.8. The van der Waals surface area contributed by atoms with Crippen molar-refractivity contribution in [2.24, 2.45) is 11.8 Å². The van der Waals surface area contributed by atoms with E-state index in [4.69, 9.17) is 0 Å². The van der Waals surface area contributed by atoms with Gasteiger partial charge in [0.15, 0.2) is 0 Å². The summed E-state index contributed by atoms with van der Waals surface area (Å²) in [5.41, 5.74) is -1.32. The van der Waals surface area contributed by atoms with Gasteiger partial charge in [-0.2, -0.15) is 0 Å². The van der Waals surface area contributed by atoms with E-state index in [1.807, 2.05) is 0 Å². The molecule has 24 heavy (non-hydrogen) atoms. The Balaban J connectivity index is 2.65. The van der Waals surface area contributed by atoms with E-state index in [0.29, 0.717) is 5.56 Å². The SMILES string of the molecule is CNC(=O)[C@@H]1C(=O)C[C@](C)(O)[C@H](C(=O)NC)[C@H]1c1cccc(F)c1. The summed E-state index contributed by atoms with van der Waals surface area (Å²) in [6, 6.07) is 5.41. The number of rotatable bonds is 3. The van der Waals surface area contributed by atoms with Crippen molar-refractivity contribution in [1.29, 1.82) is 0 Å². The van der Waals surface area contributed by atoms with Gasteiger partial charge in [-0.05, 0) is 24.6 Å². The van der Waals surface area contributed by atoms with E-state index >= 15 is 0 Å². The Morgan fingerprint density at radius 3 is 2.42 bits per heavy atom. The van der Waals surface area contributed by atoms with Crippen LogP contribution in [0.1, 0.15) is 24.8 Å². The summed E-state index contributed by atoms with van der Waals surface area (Å²) in [6.45, 7) is 1.39. The van der Waals surface area contributed by atoms with Crippen molar-refractivity contribution in [2.45, 2.75) is 24.9 Å². The quantitative estimate of drug-likeness (QED) is 0.695. The molecule has 3 N–H and O–H groups in total. The third-order valence-electron chi connectivity index (χ3n) is 4.56. The number of aliphatic hydroxyl groups is 1. The average Bonchev–Trinajstić information content (AvgIpc) is 2.52. The maximum absolute atomic E-state index is 13.7. The van der Waals surface area contributed by atoms with Crippen LogP contribution >= 0.6 is 0 Å². The molecule has 6 nitrogen and oxygen atoms in total. The minimum Gasteiger partial charge on any atom is -0.389 e. The molecule has 1 saturated carbocycles. The second-order valence-electron chi connectivity index (χ2n) is 6.26. The third-order valence-corrected chi connectivity index (χ3v) is 4.56. The second kappa shape index (κ2) is 6.68. The number of benzene rings is 1. The summed E-state index contributed by atoms with van der Waals surface area (Å²) in [5, 5.41) is 15.6. The van der Waals surface area contributed by atoms with Crippen molar-refractivity contribution in [2.75, 3.05) is 14.1 Å². The van der Waals surface area contributed by atoms with Gasteiger partial charge in [-0.3, -0.25) is 14.4 Å². The number of halogens is 1. The molecular formula is C17H21FN2O4. The molecule has 1 aliphatic rings. The molecule has 0 unspecified atom stereocenters. The van der Waals surface area contributed by atoms with Crippen LogP contribution in [0.3, 0.4) is 0 Å². The summed E-state index contributed by atoms with van der Waals surface area (Å²) >= 11 is 0. The number of nitrogens with one attached hydrogen (secondary N) is 2. The van der Waals surface area contributed by atoms with Crippen LogP contribution in [0, 0.1) is 17.7 Å². The lowest BCUT2D eigenvalue weighted by Crippen LogP contribution is -2.57. The van der Waals surface area contributed by atoms with E-state index in [9.17, 15) is 23.9 Å². The van der Waals surface area contributed by atoms with Crippen molar-refractivity contribution in [3.8, 4) is 0 Å². The van der Waals surface area contributed by atoms with Gasteiger partial charge in [0.2, 0.25) is 11.8 Å². The van der Waals surface area contributed by atoms with Crippen molar-refractivity contribution in [1.82, 2.24) is 10.6 Å². The first kappa shape index (κ1) is 18.1. The first-order chi connectivity index (χ1) is 11.2. The Labute approximate surface area is 139 Å². The summed E-state index contributed by atoms with van der Waals surface area (Å²) in [5.74, 6) is -5.28. The van der Waals surface area contributed by atoms with Gasteiger partial charge in [0.25, 0.3) is 0 Å². The number of Topliss-reactive ketones (excluding diaryl/α,β-unsaturated/α-hetero) is 1. The van der Waals surface area contributed by atoms with Crippen LogP contribution in [0.4, 0.5) is 4.39 Å². The molecule has 0 radical (unpaired) electrons. The lowest BCUT2D eigenvalue weighted by Gasteiger charge is -2.44. The molecule has 0 aromatic heterocycles. The molecule has 0 bridgehead atoms. The molecule has 1 aromatic carbocycles. The largest absolute Gasteiger partial charge is 0.389 e. The molecular weight excluding hydrogens is 315 g/mol. The molecule has 0 aliphatic heterocycles. The fraction of sp³-hybridized carbons (Fsp3) is 0.471. The Bertz CT molecular complexity index is 674. The van der Waals surface area contributed by atoms with Crippen LogP contribution in [0.2, 0.25) is 0 Å². The van der Waals surface area contributed by atoms with Gasteiger partial charge < -0.3 is 15.7 Å². The first-order valence-corrected chi connectivity index (χ1v) is 7.66. The van der Waals surface area contributed by atoms with E-state index in [2.05, 4.69) is 10.6 Å².